The zero-order chi connectivity index (χ0) is 32.0. The molecule has 246 valence electrons. The predicted octanol–water partition coefficient (Wildman–Crippen LogP) is 13.0. The average Bonchev–Trinajstić information content (AvgIpc) is 3.86. The molecule has 6 aromatic rings. The minimum Gasteiger partial charge on any atom is -0.371 e. The second kappa shape index (κ2) is 15.8. The van der Waals surface area contributed by atoms with E-state index in [9.17, 15) is 0 Å². The number of fused-ring (bicyclic) bond motifs is 3. The van der Waals surface area contributed by atoms with Gasteiger partial charge in [0.15, 0.2) is 0 Å². The summed E-state index contributed by atoms with van der Waals surface area (Å²) in [7, 11) is 0. The van der Waals surface area contributed by atoms with Gasteiger partial charge in [0.2, 0.25) is 0 Å². The number of nitrogens with zero attached hydrogens (tertiary/aromatic N) is 3. The lowest BCUT2D eigenvalue weighted by molar-refractivity contribution is 0.579. The number of thiophene rings is 3. The zero-order valence-corrected chi connectivity index (χ0v) is 30.9. The van der Waals surface area contributed by atoms with Crippen molar-refractivity contribution in [3.63, 3.8) is 0 Å². The highest BCUT2D eigenvalue weighted by molar-refractivity contribution is 7.23. The monoisotopic (exact) mass is 719 g/mol. The summed E-state index contributed by atoms with van der Waals surface area (Å²) in [6.07, 6.45) is 12.1. The molecule has 0 aliphatic carbocycles. The molecule has 3 aliphatic heterocycles. The number of piperidine rings is 3. The fourth-order valence-electron chi connectivity index (χ4n) is 7.24. The molecular weight excluding hydrogens is 678 g/mol. The summed E-state index contributed by atoms with van der Waals surface area (Å²) >= 11 is 17.4. The van der Waals surface area contributed by atoms with Crippen LogP contribution in [-0.2, 0) is 0 Å². The first kappa shape index (κ1) is 33.0. The second-order valence-electron chi connectivity index (χ2n) is 12.7. The van der Waals surface area contributed by atoms with Crippen LogP contribution in [-0.4, -0.2) is 39.3 Å². The Hall–Kier alpha value is -2.48. The SMILES string of the molecule is Clc1cc2c(N3CCCCC3)cccc2s1.Clc1cc2c(N3CCCCC3)cccc2s1.c1cc(N2CCCCC2)c2ccsc2c1. The van der Waals surface area contributed by atoms with Gasteiger partial charge in [0.25, 0.3) is 0 Å². The molecule has 0 saturated carbocycles. The van der Waals surface area contributed by atoms with Crippen LogP contribution >= 0.6 is 57.2 Å². The van der Waals surface area contributed by atoms with Crippen molar-refractivity contribution in [3.8, 4) is 0 Å². The summed E-state index contributed by atoms with van der Waals surface area (Å²) in [6, 6.07) is 26.1. The van der Waals surface area contributed by atoms with Crippen LogP contribution in [0.5, 0.6) is 0 Å². The van der Waals surface area contributed by atoms with Gasteiger partial charge < -0.3 is 14.7 Å². The van der Waals surface area contributed by atoms with Gasteiger partial charge in [-0.25, -0.2) is 0 Å². The van der Waals surface area contributed by atoms with Crippen molar-refractivity contribution in [3.05, 3.63) is 86.8 Å². The van der Waals surface area contributed by atoms with E-state index in [4.69, 9.17) is 23.2 Å². The topological polar surface area (TPSA) is 9.72 Å². The van der Waals surface area contributed by atoms with Gasteiger partial charge in [0.05, 0.1) is 8.67 Å². The standard InChI is InChI=1S/2C13H14ClNS.C13H15NS/c2*14-13-9-10-11(5-4-6-12(10)16-13)15-7-2-1-3-8-15;1-2-8-14(9-3-1)12-5-4-6-13-11(12)7-10-15-13/h2*4-6,9H,1-3,7-8H2;4-7,10H,1-3,8-9H2. The second-order valence-corrected chi connectivity index (χ2v) is 17.1. The molecule has 3 saturated heterocycles. The molecule has 6 heterocycles. The summed E-state index contributed by atoms with van der Waals surface area (Å²) in [5.74, 6) is 0. The summed E-state index contributed by atoms with van der Waals surface area (Å²) in [5.41, 5.74) is 4.16. The van der Waals surface area contributed by atoms with Gasteiger partial charge in [-0.05, 0) is 118 Å². The van der Waals surface area contributed by atoms with Crippen molar-refractivity contribution in [1.29, 1.82) is 0 Å². The largest absolute Gasteiger partial charge is 0.371 e. The third-order valence-electron chi connectivity index (χ3n) is 9.58. The maximum absolute atomic E-state index is 6.09. The Balaban J connectivity index is 0.000000112. The molecule has 0 N–H and O–H groups in total. The van der Waals surface area contributed by atoms with Crippen LogP contribution in [0.2, 0.25) is 8.67 Å². The van der Waals surface area contributed by atoms with Crippen LogP contribution in [0.1, 0.15) is 57.8 Å². The van der Waals surface area contributed by atoms with E-state index in [2.05, 4.69) is 92.9 Å². The summed E-state index contributed by atoms with van der Waals surface area (Å²) < 4.78 is 5.79. The van der Waals surface area contributed by atoms with E-state index in [0.717, 1.165) is 8.67 Å². The van der Waals surface area contributed by atoms with E-state index in [1.165, 1.54) is 144 Å². The van der Waals surface area contributed by atoms with Crippen LogP contribution in [0.3, 0.4) is 0 Å². The fraction of sp³-hybridized carbons (Fsp3) is 0.385. The Kier molecular flexibility index (Phi) is 11.1. The van der Waals surface area contributed by atoms with Gasteiger partial charge in [-0.2, -0.15) is 0 Å². The molecule has 3 aliphatic rings. The molecule has 3 aromatic heterocycles. The van der Waals surface area contributed by atoms with Gasteiger partial charge in [-0.1, -0.05) is 41.4 Å². The minimum absolute atomic E-state index is 0.888. The summed E-state index contributed by atoms with van der Waals surface area (Å²) in [4.78, 5) is 7.53. The number of rotatable bonds is 3. The Labute approximate surface area is 301 Å². The minimum atomic E-state index is 0.888. The molecule has 0 atom stereocenters. The zero-order valence-electron chi connectivity index (χ0n) is 26.9. The Morgan fingerprint density at radius 3 is 1.23 bits per heavy atom. The molecule has 0 bridgehead atoms. The molecule has 3 nitrogen and oxygen atoms in total. The van der Waals surface area contributed by atoms with Crippen LogP contribution in [0.4, 0.5) is 17.1 Å². The van der Waals surface area contributed by atoms with E-state index in [-0.39, 0.29) is 0 Å². The van der Waals surface area contributed by atoms with Crippen LogP contribution in [0.25, 0.3) is 30.3 Å². The molecule has 3 aromatic carbocycles. The van der Waals surface area contributed by atoms with Gasteiger partial charge in [-0.3, -0.25) is 0 Å². The van der Waals surface area contributed by atoms with Crippen molar-refractivity contribution in [2.45, 2.75) is 57.8 Å². The quantitative estimate of drug-likeness (QED) is 0.180. The Morgan fingerprint density at radius 2 is 0.809 bits per heavy atom. The average molecular weight is 721 g/mol. The smallest absolute Gasteiger partial charge is 0.0941 e. The van der Waals surface area contributed by atoms with Crippen molar-refractivity contribution in [2.75, 3.05) is 54.0 Å². The fourth-order valence-corrected chi connectivity index (χ4v) is 10.4. The first-order valence-electron chi connectivity index (χ1n) is 17.2. The van der Waals surface area contributed by atoms with Gasteiger partial charge in [-0.15, -0.1) is 34.0 Å². The van der Waals surface area contributed by atoms with Gasteiger partial charge in [0.1, 0.15) is 0 Å². The number of halogens is 2. The molecule has 9 rings (SSSR count). The van der Waals surface area contributed by atoms with Crippen molar-refractivity contribution < 1.29 is 0 Å². The summed E-state index contributed by atoms with van der Waals surface area (Å²) in [5, 5.41) is 6.26. The Morgan fingerprint density at radius 1 is 0.426 bits per heavy atom. The molecule has 8 heteroatoms. The molecular formula is C39H43Cl2N3S3. The highest BCUT2D eigenvalue weighted by Crippen LogP contribution is 2.38. The normalized spacial score (nSPS) is 17.0. The third-order valence-corrected chi connectivity index (χ3v) is 12.9. The maximum Gasteiger partial charge on any atom is 0.0941 e. The van der Waals surface area contributed by atoms with Crippen molar-refractivity contribution in [1.82, 2.24) is 0 Å². The summed E-state index contributed by atoms with van der Waals surface area (Å²) in [6.45, 7) is 7.21. The number of anilines is 3. The molecule has 0 radical (unpaired) electrons. The molecule has 0 amide bonds. The molecule has 47 heavy (non-hydrogen) atoms. The van der Waals surface area contributed by atoms with E-state index in [1.54, 1.807) is 22.7 Å². The number of hydrogen-bond acceptors (Lipinski definition) is 6. The number of hydrogen-bond donors (Lipinski definition) is 0. The van der Waals surface area contributed by atoms with Crippen LogP contribution < -0.4 is 14.7 Å². The first-order valence-corrected chi connectivity index (χ1v) is 20.5. The molecule has 3 fully saturated rings. The predicted molar refractivity (Wildman–Crippen MR) is 214 cm³/mol. The molecule has 0 spiro atoms. The van der Waals surface area contributed by atoms with E-state index < -0.39 is 0 Å². The van der Waals surface area contributed by atoms with E-state index >= 15 is 0 Å². The van der Waals surface area contributed by atoms with Gasteiger partial charge >= 0.3 is 0 Å². The van der Waals surface area contributed by atoms with Crippen LogP contribution in [0.15, 0.2) is 78.2 Å². The van der Waals surface area contributed by atoms with Crippen molar-refractivity contribution >= 4 is 105 Å². The number of benzene rings is 3. The lowest BCUT2D eigenvalue weighted by Gasteiger charge is -2.29. The first-order chi connectivity index (χ1) is 23.1. The highest BCUT2D eigenvalue weighted by Gasteiger charge is 2.16. The van der Waals surface area contributed by atoms with Crippen LogP contribution in [0, 0.1) is 0 Å². The third kappa shape index (κ3) is 7.89. The lowest BCUT2D eigenvalue weighted by Crippen LogP contribution is -2.29. The maximum atomic E-state index is 6.09. The lowest BCUT2D eigenvalue weighted by atomic mass is 10.1. The highest BCUT2D eigenvalue weighted by atomic mass is 35.5. The van der Waals surface area contributed by atoms with E-state index in [0.29, 0.717) is 0 Å². The Bertz CT molecular complexity index is 1800. The van der Waals surface area contributed by atoms with Gasteiger partial charge in [0, 0.05) is 86.6 Å². The van der Waals surface area contributed by atoms with Crippen molar-refractivity contribution in [2.24, 2.45) is 0 Å². The van der Waals surface area contributed by atoms with E-state index in [1.807, 2.05) is 11.3 Å². The molecule has 0 unspecified atom stereocenters.